The van der Waals surface area contributed by atoms with Gasteiger partial charge in [-0.15, -0.1) is 0 Å². The minimum Gasteiger partial charge on any atom is -0.494 e. The maximum Gasteiger partial charge on any atom is 0.119 e. The molecule has 1 N–H and O–H groups in total. The van der Waals surface area contributed by atoms with Crippen LogP contribution in [0.2, 0.25) is 0 Å². The molecule has 0 fully saturated rings. The van der Waals surface area contributed by atoms with E-state index in [1.165, 1.54) is 12.0 Å². The number of nitrogens with zero attached hydrogens (tertiary/aromatic N) is 1. The minimum atomic E-state index is 0.538. The van der Waals surface area contributed by atoms with Gasteiger partial charge in [-0.25, -0.2) is 0 Å². The Balaban J connectivity index is 2.48. The first-order valence-corrected chi connectivity index (χ1v) is 7.61. The van der Waals surface area contributed by atoms with Crippen LogP contribution in [0, 0.1) is 5.92 Å². The van der Waals surface area contributed by atoms with Crippen LogP contribution in [-0.4, -0.2) is 38.2 Å². The maximum atomic E-state index is 5.46. The van der Waals surface area contributed by atoms with Crippen molar-refractivity contribution in [3.8, 4) is 5.75 Å². The second-order valence-corrected chi connectivity index (χ2v) is 6.05. The second-order valence-electron chi connectivity index (χ2n) is 6.05. The van der Waals surface area contributed by atoms with Crippen LogP contribution >= 0.6 is 0 Å². The molecule has 0 bridgehead atoms. The minimum absolute atomic E-state index is 0.538. The lowest BCUT2D eigenvalue weighted by Crippen LogP contribution is -2.38. The molecule has 1 atom stereocenters. The highest BCUT2D eigenvalue weighted by Crippen LogP contribution is 2.13. The van der Waals surface area contributed by atoms with Crippen LogP contribution in [0.3, 0.4) is 0 Å². The molecule has 3 nitrogen and oxygen atoms in total. The number of likely N-dealkylation sites (N-methyl/N-ethyl adjacent to an activating group) is 1. The Kier molecular flexibility index (Phi) is 7.63. The molecule has 0 aliphatic carbocycles. The molecule has 1 rings (SSSR count). The molecule has 0 saturated carbocycles. The third kappa shape index (κ3) is 6.92. The van der Waals surface area contributed by atoms with Crippen LogP contribution in [-0.2, 0) is 6.54 Å². The molecule has 0 aliphatic heterocycles. The maximum absolute atomic E-state index is 5.46. The number of hydrogen-bond donors (Lipinski definition) is 1. The molecule has 20 heavy (non-hydrogen) atoms. The smallest absolute Gasteiger partial charge is 0.119 e. The Morgan fingerprint density at radius 1 is 1.15 bits per heavy atom. The summed E-state index contributed by atoms with van der Waals surface area (Å²) in [4.78, 5) is 2.25. The Morgan fingerprint density at radius 2 is 1.80 bits per heavy atom. The molecule has 0 radical (unpaired) electrons. The summed E-state index contributed by atoms with van der Waals surface area (Å²) in [6, 6.07) is 8.91. The van der Waals surface area contributed by atoms with Gasteiger partial charge in [-0.3, -0.25) is 0 Å². The molecule has 0 amide bonds. The van der Waals surface area contributed by atoms with E-state index in [1.807, 2.05) is 19.1 Å². The van der Waals surface area contributed by atoms with Crippen molar-refractivity contribution in [1.82, 2.24) is 10.2 Å². The highest BCUT2D eigenvalue weighted by molar-refractivity contribution is 5.27. The third-order valence-electron chi connectivity index (χ3n) is 3.17. The average Bonchev–Trinajstić information content (AvgIpc) is 2.36. The van der Waals surface area contributed by atoms with E-state index < -0.39 is 0 Å². The third-order valence-corrected chi connectivity index (χ3v) is 3.17. The number of benzene rings is 1. The summed E-state index contributed by atoms with van der Waals surface area (Å²) in [5.74, 6) is 1.66. The zero-order valence-electron chi connectivity index (χ0n) is 13.6. The van der Waals surface area contributed by atoms with E-state index in [1.54, 1.807) is 0 Å². The van der Waals surface area contributed by atoms with E-state index in [0.717, 1.165) is 25.4 Å². The molecular weight excluding hydrogens is 248 g/mol. The molecular formula is C17H30N2O. The van der Waals surface area contributed by atoms with Crippen molar-refractivity contribution >= 4 is 0 Å². The number of rotatable bonds is 9. The Morgan fingerprint density at radius 3 is 2.30 bits per heavy atom. The quantitative estimate of drug-likeness (QED) is 0.751. The van der Waals surface area contributed by atoms with E-state index in [2.05, 4.69) is 50.3 Å². The normalized spacial score (nSPS) is 12.9. The predicted molar refractivity (Wildman–Crippen MR) is 86.2 cm³/mol. The van der Waals surface area contributed by atoms with Gasteiger partial charge in [-0.05, 0) is 51.1 Å². The first-order valence-electron chi connectivity index (χ1n) is 7.61. The van der Waals surface area contributed by atoms with E-state index in [4.69, 9.17) is 4.74 Å². The van der Waals surface area contributed by atoms with Crippen molar-refractivity contribution in [3.63, 3.8) is 0 Å². The summed E-state index contributed by atoms with van der Waals surface area (Å²) in [5, 5.41) is 3.67. The van der Waals surface area contributed by atoms with E-state index in [0.29, 0.717) is 12.0 Å². The Bertz CT molecular complexity index is 350. The molecule has 0 heterocycles. The summed E-state index contributed by atoms with van der Waals surface area (Å²) in [6.45, 7) is 9.28. The van der Waals surface area contributed by atoms with Gasteiger partial charge < -0.3 is 15.0 Å². The summed E-state index contributed by atoms with van der Waals surface area (Å²) in [6.07, 6.45) is 1.20. The molecule has 1 unspecified atom stereocenters. The van der Waals surface area contributed by atoms with E-state index in [-0.39, 0.29) is 0 Å². The molecule has 0 spiro atoms. The van der Waals surface area contributed by atoms with Gasteiger partial charge in [-0.2, -0.15) is 0 Å². The molecule has 0 aromatic heterocycles. The van der Waals surface area contributed by atoms with Crippen LogP contribution < -0.4 is 10.1 Å². The Hall–Kier alpha value is -1.06. The molecule has 3 heteroatoms. The van der Waals surface area contributed by atoms with Gasteiger partial charge in [0.05, 0.1) is 6.61 Å². The van der Waals surface area contributed by atoms with Crippen LogP contribution in [0.25, 0.3) is 0 Å². The highest BCUT2D eigenvalue weighted by Gasteiger charge is 2.11. The molecule has 1 aromatic carbocycles. The van der Waals surface area contributed by atoms with Crippen LogP contribution in [0.1, 0.15) is 32.8 Å². The van der Waals surface area contributed by atoms with E-state index in [9.17, 15) is 0 Å². The predicted octanol–water partition coefficient (Wildman–Crippen LogP) is 3.15. The van der Waals surface area contributed by atoms with Crippen molar-refractivity contribution in [3.05, 3.63) is 29.8 Å². The number of hydrogen-bond acceptors (Lipinski definition) is 3. The van der Waals surface area contributed by atoms with Gasteiger partial charge in [-0.1, -0.05) is 26.0 Å². The van der Waals surface area contributed by atoms with E-state index >= 15 is 0 Å². The Labute approximate surface area is 124 Å². The largest absolute Gasteiger partial charge is 0.494 e. The average molecular weight is 278 g/mol. The van der Waals surface area contributed by atoms with Crippen molar-refractivity contribution in [2.24, 2.45) is 5.92 Å². The fourth-order valence-electron chi connectivity index (χ4n) is 2.36. The van der Waals surface area contributed by atoms with Crippen molar-refractivity contribution in [2.75, 3.05) is 27.2 Å². The summed E-state index contributed by atoms with van der Waals surface area (Å²) in [7, 11) is 4.26. The number of nitrogens with one attached hydrogen (secondary N) is 1. The lowest BCUT2D eigenvalue weighted by molar-refractivity contribution is 0.305. The van der Waals surface area contributed by atoms with Gasteiger partial charge in [0.1, 0.15) is 5.75 Å². The lowest BCUT2D eigenvalue weighted by atomic mass is 10.0. The first kappa shape index (κ1) is 17.0. The number of ether oxygens (including phenoxy) is 1. The lowest BCUT2D eigenvalue weighted by Gasteiger charge is -2.24. The molecule has 114 valence electrons. The molecule has 0 saturated heterocycles. The van der Waals surface area contributed by atoms with Crippen molar-refractivity contribution < 1.29 is 4.74 Å². The van der Waals surface area contributed by atoms with Gasteiger partial charge in [0, 0.05) is 19.1 Å². The SMILES string of the molecule is CCOc1ccc(CNC(CC(C)C)CN(C)C)cc1. The first-order chi connectivity index (χ1) is 9.51. The van der Waals surface area contributed by atoms with Crippen LogP contribution in [0.15, 0.2) is 24.3 Å². The van der Waals surface area contributed by atoms with Crippen LogP contribution in [0.4, 0.5) is 0 Å². The van der Waals surface area contributed by atoms with Crippen LogP contribution in [0.5, 0.6) is 5.75 Å². The fraction of sp³-hybridized carbons (Fsp3) is 0.647. The zero-order valence-corrected chi connectivity index (χ0v) is 13.6. The summed E-state index contributed by atoms with van der Waals surface area (Å²) < 4.78 is 5.46. The van der Waals surface area contributed by atoms with Gasteiger partial charge in [0.15, 0.2) is 0 Å². The van der Waals surface area contributed by atoms with Gasteiger partial charge in [0.25, 0.3) is 0 Å². The van der Waals surface area contributed by atoms with Crippen molar-refractivity contribution in [2.45, 2.75) is 39.8 Å². The van der Waals surface area contributed by atoms with Crippen molar-refractivity contribution in [1.29, 1.82) is 0 Å². The van der Waals surface area contributed by atoms with Gasteiger partial charge >= 0.3 is 0 Å². The topological polar surface area (TPSA) is 24.5 Å². The van der Waals surface area contributed by atoms with Gasteiger partial charge in [0.2, 0.25) is 0 Å². The fourth-order valence-corrected chi connectivity index (χ4v) is 2.36. The molecule has 1 aromatic rings. The highest BCUT2D eigenvalue weighted by atomic mass is 16.5. The standard InChI is InChI=1S/C17H30N2O/c1-6-20-17-9-7-15(8-10-17)12-18-16(11-14(2)3)13-19(4)5/h7-10,14,16,18H,6,11-13H2,1-5H3. The molecule has 0 aliphatic rings. The summed E-state index contributed by atoms with van der Waals surface area (Å²) >= 11 is 0. The zero-order chi connectivity index (χ0) is 15.0. The monoisotopic (exact) mass is 278 g/mol. The summed E-state index contributed by atoms with van der Waals surface area (Å²) in [5.41, 5.74) is 1.31. The second kappa shape index (κ2) is 8.98.